The highest BCUT2D eigenvalue weighted by Gasteiger charge is 2.03. The van der Waals surface area contributed by atoms with Gasteiger partial charge < -0.3 is 5.32 Å². The summed E-state index contributed by atoms with van der Waals surface area (Å²) in [5, 5.41) is 3.40. The van der Waals surface area contributed by atoms with Gasteiger partial charge in [-0.3, -0.25) is 0 Å². The van der Waals surface area contributed by atoms with Crippen molar-refractivity contribution in [1.29, 1.82) is 0 Å². The number of anilines is 1. The lowest BCUT2D eigenvalue weighted by atomic mass is 10.1. The van der Waals surface area contributed by atoms with Crippen LogP contribution in [0, 0.1) is 12.7 Å². The third-order valence-corrected chi connectivity index (χ3v) is 2.81. The van der Waals surface area contributed by atoms with Crippen LogP contribution >= 0.6 is 0 Å². The molecule has 1 aromatic rings. The van der Waals surface area contributed by atoms with E-state index < -0.39 is 0 Å². The zero-order chi connectivity index (χ0) is 12.0. The first kappa shape index (κ1) is 13.0. The quantitative estimate of drug-likeness (QED) is 0.699. The first-order valence-electron chi connectivity index (χ1n) is 6.16. The highest BCUT2D eigenvalue weighted by molar-refractivity contribution is 5.46. The molecule has 1 aromatic carbocycles. The Morgan fingerprint density at radius 1 is 1.31 bits per heavy atom. The zero-order valence-corrected chi connectivity index (χ0v) is 10.5. The van der Waals surface area contributed by atoms with E-state index in [4.69, 9.17) is 0 Å². The van der Waals surface area contributed by atoms with Gasteiger partial charge in [-0.25, -0.2) is 4.39 Å². The summed E-state index contributed by atoms with van der Waals surface area (Å²) in [6.07, 6.45) is 4.96. The van der Waals surface area contributed by atoms with Crippen molar-refractivity contribution in [2.45, 2.75) is 52.5 Å². The Bertz CT molecular complexity index is 323. The molecule has 1 nitrogen and oxygen atoms in total. The van der Waals surface area contributed by atoms with E-state index in [1.807, 2.05) is 6.07 Å². The smallest absolute Gasteiger partial charge is 0.126 e. The van der Waals surface area contributed by atoms with Crippen LogP contribution in [0.5, 0.6) is 0 Å². The van der Waals surface area contributed by atoms with Gasteiger partial charge in [-0.1, -0.05) is 26.2 Å². The van der Waals surface area contributed by atoms with Gasteiger partial charge in [-0.2, -0.15) is 0 Å². The van der Waals surface area contributed by atoms with Crippen molar-refractivity contribution >= 4 is 5.69 Å². The molecule has 2 heteroatoms. The average molecular weight is 223 g/mol. The molecule has 0 saturated heterocycles. The molecule has 0 saturated carbocycles. The van der Waals surface area contributed by atoms with Gasteiger partial charge in [-0.05, 0) is 44.0 Å². The number of halogens is 1. The van der Waals surface area contributed by atoms with E-state index >= 15 is 0 Å². The summed E-state index contributed by atoms with van der Waals surface area (Å²) >= 11 is 0. The van der Waals surface area contributed by atoms with Crippen LogP contribution in [-0.4, -0.2) is 6.04 Å². The molecule has 1 N–H and O–H groups in total. The fourth-order valence-corrected chi connectivity index (χ4v) is 1.79. The molecule has 0 aliphatic carbocycles. The largest absolute Gasteiger partial charge is 0.383 e. The standard InChI is InChI=1S/C14H22FN/c1-4-5-6-7-12(3)16-13-8-9-14(15)11(2)10-13/h8-10,12,16H,4-7H2,1-3H3. The van der Waals surface area contributed by atoms with Gasteiger partial charge in [0.25, 0.3) is 0 Å². The van der Waals surface area contributed by atoms with E-state index in [0.717, 1.165) is 5.69 Å². The van der Waals surface area contributed by atoms with Crippen molar-refractivity contribution in [3.05, 3.63) is 29.6 Å². The predicted octanol–water partition coefficient (Wildman–Crippen LogP) is 4.51. The van der Waals surface area contributed by atoms with Crippen LogP contribution in [0.4, 0.5) is 10.1 Å². The molecule has 16 heavy (non-hydrogen) atoms. The van der Waals surface area contributed by atoms with Gasteiger partial charge in [0, 0.05) is 11.7 Å². The maximum atomic E-state index is 13.1. The molecule has 1 atom stereocenters. The number of rotatable bonds is 6. The van der Waals surface area contributed by atoms with Crippen LogP contribution in [0.25, 0.3) is 0 Å². The van der Waals surface area contributed by atoms with E-state index in [0.29, 0.717) is 11.6 Å². The Hall–Kier alpha value is -1.05. The summed E-state index contributed by atoms with van der Waals surface area (Å²) in [5.41, 5.74) is 1.72. The van der Waals surface area contributed by atoms with Crippen molar-refractivity contribution < 1.29 is 4.39 Å². The van der Waals surface area contributed by atoms with Gasteiger partial charge in [0.1, 0.15) is 5.82 Å². The van der Waals surface area contributed by atoms with Crippen LogP contribution in [0.15, 0.2) is 18.2 Å². The molecule has 0 radical (unpaired) electrons. The van der Waals surface area contributed by atoms with Crippen LogP contribution < -0.4 is 5.32 Å². The van der Waals surface area contributed by atoms with Crippen molar-refractivity contribution in [1.82, 2.24) is 0 Å². The summed E-state index contributed by atoms with van der Waals surface area (Å²) < 4.78 is 13.1. The highest BCUT2D eigenvalue weighted by Crippen LogP contribution is 2.16. The SMILES string of the molecule is CCCCCC(C)Nc1ccc(F)c(C)c1. The van der Waals surface area contributed by atoms with Crippen LogP contribution in [0.2, 0.25) is 0 Å². The van der Waals surface area contributed by atoms with Crippen LogP contribution in [0.3, 0.4) is 0 Å². The lowest BCUT2D eigenvalue weighted by Gasteiger charge is -2.15. The van der Waals surface area contributed by atoms with Gasteiger partial charge in [0.05, 0.1) is 0 Å². The number of unbranched alkanes of at least 4 members (excludes halogenated alkanes) is 2. The Morgan fingerprint density at radius 3 is 2.69 bits per heavy atom. The number of benzene rings is 1. The van der Waals surface area contributed by atoms with E-state index in [9.17, 15) is 4.39 Å². The minimum absolute atomic E-state index is 0.135. The number of nitrogens with one attached hydrogen (secondary N) is 1. The van der Waals surface area contributed by atoms with Gasteiger partial charge in [0.2, 0.25) is 0 Å². The minimum atomic E-state index is -0.135. The second kappa shape index (κ2) is 6.51. The third kappa shape index (κ3) is 4.21. The molecule has 1 unspecified atom stereocenters. The fraction of sp³-hybridized carbons (Fsp3) is 0.571. The topological polar surface area (TPSA) is 12.0 Å². The van der Waals surface area contributed by atoms with Gasteiger partial charge in [0.15, 0.2) is 0 Å². The van der Waals surface area contributed by atoms with Crippen molar-refractivity contribution in [3.8, 4) is 0 Å². The highest BCUT2D eigenvalue weighted by atomic mass is 19.1. The van der Waals surface area contributed by atoms with E-state index in [-0.39, 0.29) is 5.82 Å². The molecule has 0 aliphatic rings. The molecule has 0 heterocycles. The zero-order valence-electron chi connectivity index (χ0n) is 10.5. The molecule has 90 valence electrons. The van der Waals surface area contributed by atoms with E-state index in [1.165, 1.54) is 31.7 Å². The van der Waals surface area contributed by atoms with Crippen molar-refractivity contribution in [3.63, 3.8) is 0 Å². The Morgan fingerprint density at radius 2 is 2.06 bits per heavy atom. The lowest BCUT2D eigenvalue weighted by molar-refractivity contribution is 0.611. The normalized spacial score (nSPS) is 12.5. The first-order chi connectivity index (χ1) is 7.63. The Labute approximate surface area is 98.1 Å². The molecule has 1 rings (SSSR count). The molecule has 0 bridgehead atoms. The Balaban J connectivity index is 2.43. The van der Waals surface area contributed by atoms with Crippen molar-refractivity contribution in [2.75, 3.05) is 5.32 Å². The molecular formula is C14H22FN. The minimum Gasteiger partial charge on any atom is -0.383 e. The average Bonchev–Trinajstić information content (AvgIpc) is 2.24. The summed E-state index contributed by atoms with van der Waals surface area (Å²) in [7, 11) is 0. The summed E-state index contributed by atoms with van der Waals surface area (Å²) in [4.78, 5) is 0. The van der Waals surface area contributed by atoms with Crippen molar-refractivity contribution in [2.24, 2.45) is 0 Å². The summed E-state index contributed by atoms with van der Waals surface area (Å²) in [6.45, 7) is 6.18. The second-order valence-electron chi connectivity index (χ2n) is 4.51. The van der Waals surface area contributed by atoms with Gasteiger partial charge >= 0.3 is 0 Å². The van der Waals surface area contributed by atoms with E-state index in [1.54, 1.807) is 13.0 Å². The number of aryl methyl sites for hydroxylation is 1. The Kier molecular flexibility index (Phi) is 5.30. The molecule has 0 fully saturated rings. The molecule has 0 amide bonds. The van der Waals surface area contributed by atoms with Crippen LogP contribution in [-0.2, 0) is 0 Å². The molecule has 0 aromatic heterocycles. The maximum Gasteiger partial charge on any atom is 0.126 e. The predicted molar refractivity (Wildman–Crippen MR) is 68.4 cm³/mol. The number of hydrogen-bond donors (Lipinski definition) is 1. The molecule has 0 spiro atoms. The van der Waals surface area contributed by atoms with E-state index in [2.05, 4.69) is 19.2 Å². The lowest BCUT2D eigenvalue weighted by Crippen LogP contribution is -2.14. The second-order valence-corrected chi connectivity index (χ2v) is 4.51. The van der Waals surface area contributed by atoms with Gasteiger partial charge in [-0.15, -0.1) is 0 Å². The first-order valence-corrected chi connectivity index (χ1v) is 6.16. The fourth-order valence-electron chi connectivity index (χ4n) is 1.79. The summed E-state index contributed by atoms with van der Waals surface area (Å²) in [6, 6.07) is 5.65. The third-order valence-electron chi connectivity index (χ3n) is 2.81. The maximum absolute atomic E-state index is 13.1. The molecule has 0 aliphatic heterocycles. The van der Waals surface area contributed by atoms with Crippen LogP contribution in [0.1, 0.15) is 45.1 Å². The number of hydrogen-bond acceptors (Lipinski definition) is 1. The molecular weight excluding hydrogens is 201 g/mol. The monoisotopic (exact) mass is 223 g/mol. The summed E-state index contributed by atoms with van der Waals surface area (Å²) in [5.74, 6) is -0.135.